The standard InChI is InChI=1S/C18H14N2O/c19-20(13-7-2-1-3-8-13)16-11-6-10-15-14-9-4-5-12-17(14)21-18(15)16/h1-12H,19H2. The molecule has 2 N–H and O–H groups in total. The molecule has 0 saturated heterocycles. The van der Waals surface area contributed by atoms with Crippen LogP contribution in [0.2, 0.25) is 0 Å². The van der Waals surface area contributed by atoms with Gasteiger partial charge in [-0.3, -0.25) is 5.01 Å². The first-order valence-electron chi connectivity index (χ1n) is 6.85. The van der Waals surface area contributed by atoms with Crippen molar-refractivity contribution in [2.45, 2.75) is 0 Å². The number of para-hydroxylation sites is 3. The zero-order valence-corrected chi connectivity index (χ0v) is 11.4. The molecular weight excluding hydrogens is 260 g/mol. The van der Waals surface area contributed by atoms with E-state index in [1.54, 1.807) is 5.01 Å². The number of furan rings is 1. The Morgan fingerprint density at radius 3 is 2.29 bits per heavy atom. The van der Waals surface area contributed by atoms with Crippen LogP contribution in [0.5, 0.6) is 0 Å². The van der Waals surface area contributed by atoms with Crippen LogP contribution in [0, 0.1) is 0 Å². The minimum atomic E-state index is 0.810. The lowest BCUT2D eigenvalue weighted by atomic mass is 10.1. The quantitative estimate of drug-likeness (QED) is 0.429. The van der Waals surface area contributed by atoms with Crippen LogP contribution in [-0.4, -0.2) is 0 Å². The Kier molecular flexibility index (Phi) is 2.66. The van der Waals surface area contributed by atoms with Gasteiger partial charge in [0.25, 0.3) is 0 Å². The molecule has 0 radical (unpaired) electrons. The summed E-state index contributed by atoms with van der Waals surface area (Å²) in [6.07, 6.45) is 0. The second-order valence-corrected chi connectivity index (χ2v) is 4.96. The van der Waals surface area contributed by atoms with E-state index in [4.69, 9.17) is 10.3 Å². The van der Waals surface area contributed by atoms with Crippen LogP contribution < -0.4 is 10.9 Å². The average Bonchev–Trinajstić information content (AvgIpc) is 2.94. The number of nitrogens with two attached hydrogens (primary N) is 1. The molecule has 0 saturated carbocycles. The zero-order valence-electron chi connectivity index (χ0n) is 11.4. The molecule has 0 aliphatic rings. The Morgan fingerprint density at radius 2 is 1.43 bits per heavy atom. The molecule has 0 aliphatic carbocycles. The second kappa shape index (κ2) is 4.65. The van der Waals surface area contributed by atoms with Gasteiger partial charge >= 0.3 is 0 Å². The zero-order chi connectivity index (χ0) is 14.2. The first-order chi connectivity index (χ1) is 10.3. The van der Waals surface area contributed by atoms with Crippen LogP contribution in [-0.2, 0) is 0 Å². The van der Waals surface area contributed by atoms with Gasteiger partial charge in [0.05, 0.1) is 5.69 Å². The molecule has 0 amide bonds. The molecule has 0 spiro atoms. The Balaban J connectivity index is 1.97. The molecule has 0 unspecified atom stereocenters. The number of hydrogen-bond acceptors (Lipinski definition) is 3. The summed E-state index contributed by atoms with van der Waals surface area (Å²) in [5.41, 5.74) is 3.46. The number of rotatable bonds is 2. The molecular formula is C18H14N2O. The summed E-state index contributed by atoms with van der Waals surface area (Å²) < 4.78 is 6.00. The predicted molar refractivity (Wildman–Crippen MR) is 86.5 cm³/mol. The number of benzene rings is 3. The van der Waals surface area contributed by atoms with E-state index < -0.39 is 0 Å². The summed E-state index contributed by atoms with van der Waals surface area (Å²) in [6.45, 7) is 0. The number of hydrogen-bond donors (Lipinski definition) is 1. The number of fused-ring (bicyclic) bond motifs is 3. The van der Waals surface area contributed by atoms with Crippen molar-refractivity contribution in [1.82, 2.24) is 0 Å². The Labute approximate surface area is 122 Å². The van der Waals surface area contributed by atoms with Crippen LogP contribution in [0.4, 0.5) is 11.4 Å². The molecule has 4 rings (SSSR count). The molecule has 0 atom stereocenters. The van der Waals surface area contributed by atoms with Gasteiger partial charge in [-0.1, -0.05) is 48.5 Å². The minimum Gasteiger partial charge on any atom is -0.454 e. The third-order valence-corrected chi connectivity index (χ3v) is 3.68. The highest BCUT2D eigenvalue weighted by Crippen LogP contribution is 2.36. The molecule has 1 heterocycles. The second-order valence-electron chi connectivity index (χ2n) is 4.96. The summed E-state index contributed by atoms with van der Waals surface area (Å²) in [5, 5.41) is 3.84. The maximum atomic E-state index is 6.28. The van der Waals surface area contributed by atoms with Crippen LogP contribution in [0.25, 0.3) is 21.9 Å². The van der Waals surface area contributed by atoms with E-state index in [2.05, 4.69) is 12.1 Å². The average molecular weight is 274 g/mol. The summed E-state index contributed by atoms with van der Waals surface area (Å²) >= 11 is 0. The molecule has 3 nitrogen and oxygen atoms in total. The van der Waals surface area contributed by atoms with E-state index in [1.165, 1.54) is 0 Å². The van der Waals surface area contributed by atoms with Crippen LogP contribution in [0.3, 0.4) is 0 Å². The summed E-state index contributed by atoms with van der Waals surface area (Å²) in [6, 6.07) is 23.9. The van der Waals surface area contributed by atoms with E-state index in [-0.39, 0.29) is 0 Å². The van der Waals surface area contributed by atoms with Crippen molar-refractivity contribution in [1.29, 1.82) is 0 Å². The lowest BCUT2D eigenvalue weighted by Gasteiger charge is -2.18. The maximum absolute atomic E-state index is 6.28. The summed E-state index contributed by atoms with van der Waals surface area (Å²) in [7, 11) is 0. The molecule has 3 aromatic carbocycles. The summed E-state index contributed by atoms with van der Waals surface area (Å²) in [4.78, 5) is 0. The first kappa shape index (κ1) is 12.0. The number of hydrazine groups is 1. The predicted octanol–water partition coefficient (Wildman–Crippen LogP) is 4.60. The normalized spacial score (nSPS) is 11.1. The lowest BCUT2D eigenvalue weighted by Crippen LogP contribution is -2.24. The Morgan fingerprint density at radius 1 is 0.714 bits per heavy atom. The highest BCUT2D eigenvalue weighted by atomic mass is 16.3. The van der Waals surface area contributed by atoms with Crippen molar-refractivity contribution in [2.24, 2.45) is 5.84 Å². The first-order valence-corrected chi connectivity index (χ1v) is 6.85. The van der Waals surface area contributed by atoms with Crippen molar-refractivity contribution in [3.05, 3.63) is 72.8 Å². The number of nitrogens with zero attached hydrogens (tertiary/aromatic N) is 1. The third-order valence-electron chi connectivity index (χ3n) is 3.68. The minimum absolute atomic E-state index is 0.810. The van der Waals surface area contributed by atoms with Crippen molar-refractivity contribution in [3.8, 4) is 0 Å². The molecule has 0 fully saturated rings. The smallest absolute Gasteiger partial charge is 0.160 e. The van der Waals surface area contributed by atoms with Crippen LogP contribution in [0.1, 0.15) is 0 Å². The van der Waals surface area contributed by atoms with Gasteiger partial charge in [0.15, 0.2) is 5.58 Å². The van der Waals surface area contributed by atoms with Gasteiger partial charge in [0, 0.05) is 10.8 Å². The monoisotopic (exact) mass is 274 g/mol. The fourth-order valence-corrected chi connectivity index (χ4v) is 2.65. The number of anilines is 2. The highest BCUT2D eigenvalue weighted by Gasteiger charge is 2.14. The van der Waals surface area contributed by atoms with Gasteiger partial charge in [0.2, 0.25) is 0 Å². The van der Waals surface area contributed by atoms with Gasteiger partial charge in [-0.05, 0) is 24.3 Å². The highest BCUT2D eigenvalue weighted by molar-refractivity contribution is 6.09. The molecule has 1 aromatic heterocycles. The Bertz CT molecular complexity index is 912. The van der Waals surface area contributed by atoms with E-state index >= 15 is 0 Å². The fraction of sp³-hybridized carbons (Fsp3) is 0. The molecule has 102 valence electrons. The Hall–Kier alpha value is -2.78. The molecule has 0 bridgehead atoms. The van der Waals surface area contributed by atoms with Gasteiger partial charge in [-0.2, -0.15) is 0 Å². The topological polar surface area (TPSA) is 42.4 Å². The fourth-order valence-electron chi connectivity index (χ4n) is 2.65. The van der Waals surface area contributed by atoms with Crippen molar-refractivity contribution in [3.63, 3.8) is 0 Å². The van der Waals surface area contributed by atoms with Crippen molar-refractivity contribution < 1.29 is 4.42 Å². The van der Waals surface area contributed by atoms with Crippen molar-refractivity contribution >= 4 is 33.3 Å². The SMILES string of the molecule is NN(c1ccccc1)c1cccc2c1oc1ccccc12. The van der Waals surface area contributed by atoms with Crippen LogP contribution >= 0.6 is 0 Å². The van der Waals surface area contributed by atoms with Gasteiger partial charge in [-0.15, -0.1) is 0 Å². The van der Waals surface area contributed by atoms with E-state index in [0.717, 1.165) is 33.3 Å². The molecule has 21 heavy (non-hydrogen) atoms. The molecule has 4 aromatic rings. The van der Waals surface area contributed by atoms with E-state index in [0.29, 0.717) is 0 Å². The molecule has 3 heteroatoms. The van der Waals surface area contributed by atoms with Crippen molar-refractivity contribution in [2.75, 3.05) is 5.01 Å². The largest absolute Gasteiger partial charge is 0.454 e. The maximum Gasteiger partial charge on any atom is 0.160 e. The molecule has 0 aliphatic heterocycles. The summed E-state index contributed by atoms with van der Waals surface area (Å²) in [5.74, 6) is 6.28. The van der Waals surface area contributed by atoms with E-state index in [1.807, 2.05) is 60.7 Å². The van der Waals surface area contributed by atoms with Gasteiger partial charge in [0.1, 0.15) is 11.3 Å². The third kappa shape index (κ3) is 1.87. The van der Waals surface area contributed by atoms with Gasteiger partial charge in [-0.25, -0.2) is 5.84 Å². The lowest BCUT2D eigenvalue weighted by molar-refractivity contribution is 0.668. The van der Waals surface area contributed by atoms with E-state index in [9.17, 15) is 0 Å². The van der Waals surface area contributed by atoms with Gasteiger partial charge < -0.3 is 4.42 Å². The van der Waals surface area contributed by atoms with Crippen LogP contribution in [0.15, 0.2) is 77.2 Å².